The number of nitrogens with zero attached hydrogens (tertiary/aromatic N) is 1. The van der Waals surface area contributed by atoms with Crippen LogP contribution in [0.2, 0.25) is 0 Å². The van der Waals surface area contributed by atoms with Crippen molar-refractivity contribution in [3.8, 4) is 0 Å². The molecule has 0 atom stereocenters. The number of likely N-dealkylation sites (tertiary alicyclic amines) is 1. The Balaban J connectivity index is 2.12. The van der Waals surface area contributed by atoms with Crippen molar-refractivity contribution in [2.75, 3.05) is 26.2 Å². The second kappa shape index (κ2) is 5.98. The summed E-state index contributed by atoms with van der Waals surface area (Å²) in [5.41, 5.74) is 5.07. The van der Waals surface area contributed by atoms with Crippen LogP contribution < -0.4 is 11.1 Å². The molecule has 0 aliphatic carbocycles. The molecule has 4 nitrogen and oxygen atoms in total. The van der Waals surface area contributed by atoms with Crippen LogP contribution in [0.15, 0.2) is 0 Å². The molecule has 1 amide bonds. The summed E-state index contributed by atoms with van der Waals surface area (Å²) in [6.45, 7) is 6.01. The Morgan fingerprint density at radius 2 is 2.14 bits per heavy atom. The van der Waals surface area contributed by atoms with Crippen LogP contribution in [-0.4, -0.2) is 43.0 Å². The molecule has 1 saturated heterocycles. The van der Waals surface area contributed by atoms with Crippen molar-refractivity contribution in [1.29, 1.82) is 0 Å². The molecule has 4 heteroatoms. The maximum atomic E-state index is 10.6. The number of rotatable bonds is 5. The molecule has 1 aliphatic heterocycles. The van der Waals surface area contributed by atoms with Gasteiger partial charge in [-0.1, -0.05) is 6.92 Å². The Morgan fingerprint density at radius 3 is 2.64 bits per heavy atom. The number of primary amides is 1. The quantitative estimate of drug-likeness (QED) is 0.652. The fraction of sp³-hybridized carbons (Fsp3) is 0.900. The summed E-state index contributed by atoms with van der Waals surface area (Å²) in [6.07, 6.45) is 3.49. The second-order valence-corrected chi connectivity index (χ2v) is 3.96. The summed E-state index contributed by atoms with van der Waals surface area (Å²) in [6, 6.07) is 0.482. The highest BCUT2D eigenvalue weighted by atomic mass is 16.1. The minimum absolute atomic E-state index is 0.263. The fourth-order valence-electron chi connectivity index (χ4n) is 1.92. The zero-order chi connectivity index (χ0) is 10.4. The van der Waals surface area contributed by atoms with E-state index in [0.29, 0.717) is 12.6 Å². The zero-order valence-electron chi connectivity index (χ0n) is 8.96. The number of hydrogen-bond acceptors (Lipinski definition) is 3. The Hall–Kier alpha value is -0.610. The van der Waals surface area contributed by atoms with Crippen LogP contribution in [0, 0.1) is 0 Å². The van der Waals surface area contributed by atoms with Crippen LogP contribution in [0.25, 0.3) is 0 Å². The van der Waals surface area contributed by atoms with E-state index in [1.54, 1.807) is 0 Å². The van der Waals surface area contributed by atoms with Gasteiger partial charge in [0, 0.05) is 6.04 Å². The highest BCUT2D eigenvalue weighted by molar-refractivity contribution is 5.75. The number of nitrogens with two attached hydrogens (primary N) is 1. The average molecular weight is 199 g/mol. The zero-order valence-corrected chi connectivity index (χ0v) is 8.96. The third-order valence-electron chi connectivity index (χ3n) is 2.69. The number of piperidine rings is 1. The molecular weight excluding hydrogens is 178 g/mol. The molecule has 3 N–H and O–H groups in total. The van der Waals surface area contributed by atoms with Gasteiger partial charge in [-0.15, -0.1) is 0 Å². The molecule has 0 saturated carbocycles. The summed E-state index contributed by atoms with van der Waals surface area (Å²) in [5.74, 6) is -0.263. The molecule has 0 aromatic heterocycles. The predicted molar refractivity (Wildman–Crippen MR) is 57.0 cm³/mol. The molecule has 1 rings (SSSR count). The number of hydrogen-bond donors (Lipinski definition) is 2. The summed E-state index contributed by atoms with van der Waals surface area (Å²) in [4.78, 5) is 13.0. The van der Waals surface area contributed by atoms with Gasteiger partial charge in [0.15, 0.2) is 0 Å². The molecule has 82 valence electrons. The number of carbonyl (C=O) groups is 1. The Morgan fingerprint density at radius 1 is 1.50 bits per heavy atom. The maximum absolute atomic E-state index is 10.6. The first-order chi connectivity index (χ1) is 6.72. The van der Waals surface area contributed by atoms with Crippen LogP contribution in [0.4, 0.5) is 0 Å². The van der Waals surface area contributed by atoms with Gasteiger partial charge in [0.2, 0.25) is 5.91 Å². The van der Waals surface area contributed by atoms with Crippen molar-refractivity contribution in [2.24, 2.45) is 5.73 Å². The van der Waals surface area contributed by atoms with Crippen LogP contribution in [0.1, 0.15) is 26.2 Å². The first kappa shape index (κ1) is 11.5. The summed E-state index contributed by atoms with van der Waals surface area (Å²) < 4.78 is 0. The van der Waals surface area contributed by atoms with Gasteiger partial charge in [0.05, 0.1) is 6.54 Å². The smallest absolute Gasteiger partial charge is 0.231 e. The lowest BCUT2D eigenvalue weighted by Crippen LogP contribution is -2.45. The van der Waals surface area contributed by atoms with Gasteiger partial charge in [0.25, 0.3) is 0 Å². The molecule has 1 fully saturated rings. The monoisotopic (exact) mass is 199 g/mol. The van der Waals surface area contributed by atoms with Crippen molar-refractivity contribution in [1.82, 2.24) is 10.2 Å². The fourth-order valence-corrected chi connectivity index (χ4v) is 1.92. The Bertz CT molecular complexity index is 176. The molecule has 0 aromatic rings. The number of amides is 1. The summed E-state index contributed by atoms with van der Waals surface area (Å²) in [7, 11) is 0. The molecule has 0 bridgehead atoms. The van der Waals surface area contributed by atoms with Crippen molar-refractivity contribution in [2.45, 2.75) is 32.2 Å². The van der Waals surface area contributed by atoms with Gasteiger partial charge in [0.1, 0.15) is 0 Å². The summed E-state index contributed by atoms with van der Waals surface area (Å²) in [5, 5.41) is 3.18. The van der Waals surface area contributed by atoms with E-state index >= 15 is 0 Å². The minimum Gasteiger partial charge on any atom is -0.369 e. The van der Waals surface area contributed by atoms with Crippen LogP contribution in [-0.2, 0) is 4.79 Å². The van der Waals surface area contributed by atoms with Crippen molar-refractivity contribution < 1.29 is 4.79 Å². The van der Waals surface area contributed by atoms with E-state index in [4.69, 9.17) is 5.73 Å². The number of nitrogens with one attached hydrogen (secondary N) is 1. The standard InChI is InChI=1S/C10H21N3O/c1-2-5-13-6-3-9(4-7-13)12-8-10(11)14/h9,12H,2-8H2,1H3,(H2,11,14). The van der Waals surface area contributed by atoms with E-state index in [1.807, 2.05) is 0 Å². The van der Waals surface area contributed by atoms with Gasteiger partial charge < -0.3 is 16.0 Å². The third kappa shape index (κ3) is 4.07. The van der Waals surface area contributed by atoms with Crippen molar-refractivity contribution in [3.63, 3.8) is 0 Å². The van der Waals surface area contributed by atoms with E-state index in [2.05, 4.69) is 17.1 Å². The lowest BCUT2D eigenvalue weighted by Gasteiger charge is -2.31. The first-order valence-corrected chi connectivity index (χ1v) is 5.46. The maximum Gasteiger partial charge on any atom is 0.231 e. The van der Waals surface area contributed by atoms with E-state index in [-0.39, 0.29) is 5.91 Å². The van der Waals surface area contributed by atoms with Crippen LogP contribution >= 0.6 is 0 Å². The van der Waals surface area contributed by atoms with E-state index in [9.17, 15) is 4.79 Å². The molecule has 1 aliphatic rings. The van der Waals surface area contributed by atoms with E-state index in [0.717, 1.165) is 25.9 Å². The molecule has 0 unspecified atom stereocenters. The van der Waals surface area contributed by atoms with Gasteiger partial charge in [-0.2, -0.15) is 0 Å². The third-order valence-corrected chi connectivity index (χ3v) is 2.69. The highest BCUT2D eigenvalue weighted by Crippen LogP contribution is 2.09. The molecule has 0 radical (unpaired) electrons. The minimum atomic E-state index is -0.263. The van der Waals surface area contributed by atoms with Crippen molar-refractivity contribution >= 4 is 5.91 Å². The Kier molecular flexibility index (Phi) is 4.90. The lowest BCUT2D eigenvalue weighted by atomic mass is 10.0. The SMILES string of the molecule is CCCN1CCC(NCC(N)=O)CC1. The molecule has 0 spiro atoms. The topological polar surface area (TPSA) is 58.4 Å². The normalized spacial score (nSPS) is 19.8. The highest BCUT2D eigenvalue weighted by Gasteiger charge is 2.17. The Labute approximate surface area is 85.8 Å². The first-order valence-electron chi connectivity index (χ1n) is 5.46. The second-order valence-electron chi connectivity index (χ2n) is 3.96. The molecule has 1 heterocycles. The lowest BCUT2D eigenvalue weighted by molar-refractivity contribution is -0.117. The largest absolute Gasteiger partial charge is 0.369 e. The van der Waals surface area contributed by atoms with Gasteiger partial charge in [-0.3, -0.25) is 4.79 Å². The van der Waals surface area contributed by atoms with Gasteiger partial charge in [-0.05, 0) is 38.9 Å². The predicted octanol–water partition coefficient (Wildman–Crippen LogP) is -0.0643. The van der Waals surface area contributed by atoms with E-state index in [1.165, 1.54) is 13.0 Å². The summed E-state index contributed by atoms with van der Waals surface area (Å²) >= 11 is 0. The van der Waals surface area contributed by atoms with Crippen LogP contribution in [0.3, 0.4) is 0 Å². The molecule has 0 aromatic carbocycles. The average Bonchev–Trinajstić information content (AvgIpc) is 2.17. The van der Waals surface area contributed by atoms with Crippen LogP contribution in [0.5, 0.6) is 0 Å². The van der Waals surface area contributed by atoms with E-state index < -0.39 is 0 Å². The van der Waals surface area contributed by atoms with Gasteiger partial charge in [-0.25, -0.2) is 0 Å². The number of carbonyl (C=O) groups excluding carboxylic acids is 1. The van der Waals surface area contributed by atoms with Crippen molar-refractivity contribution in [3.05, 3.63) is 0 Å². The van der Waals surface area contributed by atoms with Gasteiger partial charge >= 0.3 is 0 Å². The molecule has 14 heavy (non-hydrogen) atoms. The molecular formula is C10H21N3O.